The maximum atomic E-state index is 12.9. The highest BCUT2D eigenvalue weighted by Crippen LogP contribution is 2.32. The van der Waals surface area contributed by atoms with Crippen LogP contribution in [-0.2, 0) is 21.0 Å². The van der Waals surface area contributed by atoms with Crippen molar-refractivity contribution in [2.24, 2.45) is 0 Å². The van der Waals surface area contributed by atoms with Gasteiger partial charge in [0.05, 0.1) is 17.1 Å². The zero-order valence-corrected chi connectivity index (χ0v) is 22.0. The number of hydrogen-bond donors (Lipinski definition) is 2. The number of anilines is 2. The summed E-state index contributed by atoms with van der Waals surface area (Å²) in [5, 5.41) is 4.52. The summed E-state index contributed by atoms with van der Waals surface area (Å²) < 4.78 is 41.7. The zero-order chi connectivity index (χ0) is 26.6. The van der Waals surface area contributed by atoms with Gasteiger partial charge < -0.3 is 14.6 Å². The topological polar surface area (TPSA) is 89.3 Å². The van der Waals surface area contributed by atoms with Gasteiger partial charge in [0.2, 0.25) is 10.2 Å². The van der Waals surface area contributed by atoms with Crippen molar-refractivity contribution in [2.45, 2.75) is 13.5 Å². The number of fused-ring (bicyclic) bond motifs is 1. The Morgan fingerprint density at radius 1 is 1.24 bits per heavy atom. The third kappa shape index (κ3) is 7.25. The summed E-state index contributed by atoms with van der Waals surface area (Å²) in [6.07, 6.45) is 7.98. The molecule has 4 aromatic rings. The maximum Gasteiger partial charge on any atom is 0.213 e. The predicted molar refractivity (Wildman–Crippen MR) is 149 cm³/mol. The molecular weight excluding hydrogens is 515 g/mol. The molecule has 4 rings (SSSR count). The van der Waals surface area contributed by atoms with Crippen molar-refractivity contribution in [1.29, 1.82) is 0 Å². The Kier molecular flexibility index (Phi) is 8.06. The first kappa shape index (κ1) is 26.5. The largest absolute Gasteiger partial charge is 0.488 e. The second-order valence-electron chi connectivity index (χ2n) is 8.75. The fraction of sp³-hybridized carbons (Fsp3) is 0.185. The number of hydrogen-bond acceptors (Lipinski definition) is 5. The Morgan fingerprint density at radius 2 is 2.05 bits per heavy atom. The second kappa shape index (κ2) is 11.2. The third-order valence-corrected chi connectivity index (χ3v) is 6.74. The van der Waals surface area contributed by atoms with Crippen molar-refractivity contribution < 1.29 is 17.9 Å². The first-order chi connectivity index (χ1) is 17.6. The Balaban J connectivity index is 1.54. The van der Waals surface area contributed by atoms with E-state index in [9.17, 15) is 13.2 Å². The number of aromatic nitrogens is 3. The van der Waals surface area contributed by atoms with Crippen LogP contribution in [0.3, 0.4) is 0 Å². The van der Waals surface area contributed by atoms with Crippen LogP contribution in [0.5, 0.6) is 5.75 Å². The van der Waals surface area contributed by atoms with Crippen molar-refractivity contribution >= 4 is 44.2 Å². The summed E-state index contributed by atoms with van der Waals surface area (Å²) in [5.41, 5.74) is 4.11. The number of nitrogens with zero attached hydrogens (tertiary/aromatic N) is 3. The van der Waals surface area contributed by atoms with Gasteiger partial charge in [-0.05, 0) is 66.1 Å². The average Bonchev–Trinajstić information content (AvgIpc) is 3.31. The first-order valence-corrected chi connectivity index (χ1v) is 13.9. The summed E-state index contributed by atoms with van der Waals surface area (Å²) in [4.78, 5) is 8.80. The van der Waals surface area contributed by atoms with Gasteiger partial charge in [0.1, 0.15) is 36.6 Å². The molecule has 0 radical (unpaired) electrons. The van der Waals surface area contributed by atoms with Crippen LogP contribution in [0.4, 0.5) is 15.9 Å². The van der Waals surface area contributed by atoms with Crippen LogP contribution < -0.4 is 10.1 Å². The number of rotatable bonds is 10. The van der Waals surface area contributed by atoms with Crippen LogP contribution in [0.1, 0.15) is 6.92 Å². The quantitative estimate of drug-likeness (QED) is 0.167. The van der Waals surface area contributed by atoms with E-state index in [2.05, 4.69) is 21.9 Å². The van der Waals surface area contributed by atoms with Gasteiger partial charge in [-0.25, -0.2) is 14.4 Å². The Bertz CT molecular complexity index is 1530. The summed E-state index contributed by atoms with van der Waals surface area (Å²) >= 11 is 6.42. The Hall–Kier alpha value is -3.53. The summed E-state index contributed by atoms with van der Waals surface area (Å²) in [5.74, 6) is 0.752. The maximum absolute atomic E-state index is 12.9. The molecule has 1 unspecified atom stereocenters. The van der Waals surface area contributed by atoms with Crippen molar-refractivity contribution in [2.75, 3.05) is 23.9 Å². The minimum absolute atomic E-state index is 0.188. The molecule has 0 spiro atoms. The molecule has 0 amide bonds. The predicted octanol–water partition coefficient (Wildman–Crippen LogP) is 6.91. The molecule has 0 saturated heterocycles. The molecule has 1 atom stereocenters. The van der Waals surface area contributed by atoms with E-state index in [0.29, 0.717) is 34.4 Å². The van der Waals surface area contributed by atoms with Crippen LogP contribution in [0.2, 0.25) is 5.02 Å². The molecule has 7 nitrogen and oxygen atoms in total. The van der Waals surface area contributed by atoms with Crippen molar-refractivity contribution in [3.63, 3.8) is 0 Å². The van der Waals surface area contributed by atoms with E-state index in [-0.39, 0.29) is 12.4 Å². The molecule has 2 aromatic carbocycles. The highest BCUT2D eigenvalue weighted by molar-refractivity contribution is 7.97. The van der Waals surface area contributed by atoms with Crippen LogP contribution in [0, 0.1) is 0 Å². The minimum atomic E-state index is -2.79. The van der Waals surface area contributed by atoms with Gasteiger partial charge in [-0.2, -0.15) is 4.55 Å². The second-order valence-corrected chi connectivity index (χ2v) is 11.5. The fourth-order valence-corrected chi connectivity index (χ4v) is 4.48. The fourth-order valence-electron chi connectivity index (χ4n) is 3.69. The standard InChI is InChI=1S/C27H26ClFN4O3S/c1-18(12-19(2)29)16-36-26-7-5-22(14-24(26)28)32-27-23-13-20(4-6-25(23)30-17-31-27)21-8-9-33(15-21)10-11-37(3,34)35/h4-9,12-15,17H,2,10-11,16H2,1,3H3,(H-,30,31,32,34,35)/p+1/b18-12+. The number of allylic oxidation sites excluding steroid dienone is 2. The van der Waals surface area contributed by atoms with E-state index >= 15 is 0 Å². The highest BCUT2D eigenvalue weighted by Gasteiger charge is 2.16. The number of ether oxygens (including phenoxy) is 1. The number of nitrogens with one attached hydrogen (secondary N) is 1. The zero-order valence-electron chi connectivity index (χ0n) is 20.4. The lowest BCUT2D eigenvalue weighted by Crippen LogP contribution is -2.15. The van der Waals surface area contributed by atoms with Crippen LogP contribution >= 0.6 is 11.6 Å². The lowest BCUT2D eigenvalue weighted by molar-refractivity contribution is 0.352. The van der Waals surface area contributed by atoms with E-state index in [1.807, 2.05) is 47.3 Å². The molecule has 37 heavy (non-hydrogen) atoms. The van der Waals surface area contributed by atoms with Crippen LogP contribution in [0.15, 0.2) is 85.2 Å². The molecule has 0 aliphatic rings. The first-order valence-electron chi connectivity index (χ1n) is 11.4. The molecule has 2 aromatic heterocycles. The summed E-state index contributed by atoms with van der Waals surface area (Å²) in [6, 6.07) is 13.2. The normalized spacial score (nSPS) is 13.4. The van der Waals surface area contributed by atoms with E-state index < -0.39 is 16.0 Å². The summed E-state index contributed by atoms with van der Waals surface area (Å²) in [7, 11) is -2.79. The van der Waals surface area contributed by atoms with Crippen molar-refractivity contribution in [3.05, 3.63) is 90.3 Å². The molecule has 2 N–H and O–H groups in total. The van der Waals surface area contributed by atoms with Gasteiger partial charge in [0.25, 0.3) is 0 Å². The van der Waals surface area contributed by atoms with E-state index in [1.165, 1.54) is 18.7 Å². The van der Waals surface area contributed by atoms with E-state index in [0.717, 1.165) is 22.0 Å². The van der Waals surface area contributed by atoms with Crippen molar-refractivity contribution in [3.8, 4) is 16.9 Å². The Morgan fingerprint density at radius 3 is 2.78 bits per heavy atom. The van der Waals surface area contributed by atoms with Crippen LogP contribution in [-0.4, -0.2) is 37.7 Å². The molecule has 0 aliphatic heterocycles. The van der Waals surface area contributed by atoms with E-state index in [4.69, 9.17) is 16.3 Å². The molecule has 0 aliphatic carbocycles. The number of halogens is 2. The average molecular weight is 542 g/mol. The van der Waals surface area contributed by atoms with Gasteiger partial charge in [-0.3, -0.25) is 0 Å². The van der Waals surface area contributed by atoms with Crippen molar-refractivity contribution in [1.82, 2.24) is 14.5 Å². The molecule has 192 valence electrons. The molecule has 2 heterocycles. The van der Waals surface area contributed by atoms with Gasteiger partial charge in [-0.1, -0.05) is 28.5 Å². The number of aryl methyl sites for hydroxylation is 1. The lowest BCUT2D eigenvalue weighted by Gasteiger charge is -2.12. The lowest BCUT2D eigenvalue weighted by atomic mass is 10.1. The summed E-state index contributed by atoms with van der Waals surface area (Å²) in [6.45, 7) is 5.61. The SMILES string of the molecule is C=C(F)/C=C(\C)COc1ccc(Nc2ncnc3ccc(-c4ccn(CC[S+](C)(=O)O)c4)cc23)cc1Cl. The highest BCUT2D eigenvalue weighted by atomic mass is 35.5. The molecule has 10 heteroatoms. The Labute approximate surface area is 220 Å². The molecule has 0 saturated carbocycles. The third-order valence-electron chi connectivity index (χ3n) is 5.50. The van der Waals surface area contributed by atoms with Gasteiger partial charge in [-0.15, -0.1) is 0 Å². The molecule has 0 bridgehead atoms. The molecule has 0 fully saturated rings. The smallest absolute Gasteiger partial charge is 0.213 e. The van der Waals surface area contributed by atoms with Gasteiger partial charge in [0.15, 0.2) is 5.75 Å². The monoisotopic (exact) mass is 541 g/mol. The van der Waals surface area contributed by atoms with Gasteiger partial charge >= 0.3 is 0 Å². The van der Waals surface area contributed by atoms with Gasteiger partial charge in [0, 0.05) is 23.5 Å². The number of benzene rings is 2. The van der Waals surface area contributed by atoms with E-state index in [1.54, 1.807) is 19.1 Å². The molecular formula is C27H27ClFN4O3S+. The minimum Gasteiger partial charge on any atom is -0.488 e. The van der Waals surface area contributed by atoms with Crippen LogP contribution in [0.25, 0.3) is 22.0 Å².